The predicted molar refractivity (Wildman–Crippen MR) is 25.5 cm³/mol. The topological polar surface area (TPSA) is 25.8 Å². The molecule has 0 saturated heterocycles. The number of hydrogen-bond acceptors (Lipinski definition) is 4. The minimum absolute atomic E-state index is 0. The van der Waals surface area contributed by atoms with Crippen LogP contribution in [0.1, 0.15) is 0 Å². The van der Waals surface area contributed by atoms with Gasteiger partial charge in [0.05, 0.1) is 0 Å². The summed E-state index contributed by atoms with van der Waals surface area (Å²) in [7, 11) is 0. The molecule has 0 saturated carbocycles. The van der Waals surface area contributed by atoms with Gasteiger partial charge in [0.2, 0.25) is 0 Å². The number of rotatable bonds is 0. The van der Waals surface area contributed by atoms with Crippen molar-refractivity contribution in [3.8, 4) is 0 Å². The fourth-order valence-corrected chi connectivity index (χ4v) is 0.618. The molecule has 0 aliphatic rings. The molecule has 0 aliphatic carbocycles. The summed E-state index contributed by atoms with van der Waals surface area (Å²) in [6.45, 7) is 0. The van der Waals surface area contributed by atoms with Crippen LogP contribution in [0.5, 0.6) is 0 Å². The zero-order chi connectivity index (χ0) is 4.41. The van der Waals surface area contributed by atoms with E-state index in [1.807, 2.05) is 0 Å². The fourth-order valence-electron chi connectivity index (χ4n) is 0.163. The molecule has 0 atom stereocenters. The van der Waals surface area contributed by atoms with Crippen molar-refractivity contribution in [3.05, 3.63) is 5.51 Å². The van der Waals surface area contributed by atoms with Gasteiger partial charge in [-0.1, -0.05) is 0 Å². The van der Waals surface area contributed by atoms with Crippen LogP contribution in [-0.2, 0) is 12.6 Å². The van der Waals surface area contributed by atoms with E-state index >= 15 is 0 Å². The van der Waals surface area contributed by atoms with E-state index in [1.165, 1.54) is 11.3 Å². The molecule has 0 spiro atoms. The van der Waals surface area contributed by atoms with Gasteiger partial charge in [0.1, 0.15) is 0 Å². The fraction of sp³-hybridized carbons (Fsp3) is 0. The molecule has 0 aliphatic heterocycles. The summed E-state index contributed by atoms with van der Waals surface area (Å²) in [4.78, 5) is 0. The number of nitrogens with zero attached hydrogens (tertiary/aromatic N) is 2. The number of aromatic nitrogens is 2. The SMILES string of the molecule is [K+].[S-]c1nncs1. The van der Waals surface area contributed by atoms with Gasteiger partial charge < -0.3 is 24.0 Å². The van der Waals surface area contributed by atoms with Crippen LogP contribution >= 0.6 is 11.3 Å². The van der Waals surface area contributed by atoms with Gasteiger partial charge in [0, 0.05) is 5.51 Å². The van der Waals surface area contributed by atoms with Gasteiger partial charge in [0.15, 0.2) is 0 Å². The largest absolute Gasteiger partial charge is 1.00 e. The van der Waals surface area contributed by atoms with Gasteiger partial charge >= 0.3 is 51.4 Å². The summed E-state index contributed by atoms with van der Waals surface area (Å²) in [5.41, 5.74) is 1.61. The second-order valence-electron chi connectivity index (χ2n) is 0.705. The smallest absolute Gasteiger partial charge is 0.406 e. The molecule has 0 unspecified atom stereocenters. The Kier molecular flexibility index (Phi) is 5.18. The van der Waals surface area contributed by atoms with E-state index in [4.69, 9.17) is 0 Å². The monoisotopic (exact) mass is 156 g/mol. The van der Waals surface area contributed by atoms with Gasteiger partial charge in [-0.15, -0.1) is 0 Å². The van der Waals surface area contributed by atoms with Crippen molar-refractivity contribution in [1.29, 1.82) is 0 Å². The second-order valence-corrected chi connectivity index (χ2v) is 2.18. The molecule has 1 aromatic heterocycles. The van der Waals surface area contributed by atoms with E-state index in [1.54, 1.807) is 5.51 Å². The molecule has 7 heavy (non-hydrogen) atoms. The van der Waals surface area contributed by atoms with Crippen LogP contribution in [0.4, 0.5) is 0 Å². The molecule has 1 aromatic rings. The van der Waals surface area contributed by atoms with Crippen molar-refractivity contribution in [3.63, 3.8) is 0 Å². The molecule has 0 aromatic carbocycles. The molecule has 1 heterocycles. The molecule has 0 amide bonds. The first kappa shape index (κ1) is 8.42. The Bertz CT molecular complexity index is 117. The summed E-state index contributed by atoms with van der Waals surface area (Å²) in [6.07, 6.45) is 0. The van der Waals surface area contributed by atoms with Crippen LogP contribution in [0, 0.1) is 0 Å². The van der Waals surface area contributed by atoms with Gasteiger partial charge in [-0.3, -0.25) is 0 Å². The maximum Gasteiger partial charge on any atom is 1.00 e. The molecule has 1 rings (SSSR count). The predicted octanol–water partition coefficient (Wildman–Crippen LogP) is -2.55. The Morgan fingerprint density at radius 1 is 1.71 bits per heavy atom. The summed E-state index contributed by atoms with van der Waals surface area (Å²) in [6, 6.07) is 0. The molecular weight excluding hydrogens is 155 g/mol. The maximum atomic E-state index is 4.59. The molecule has 0 N–H and O–H groups in total. The summed E-state index contributed by atoms with van der Waals surface area (Å²) in [5, 5.41) is 6.99. The molecular formula is C2HKN2S2. The van der Waals surface area contributed by atoms with E-state index in [0.717, 1.165) is 0 Å². The van der Waals surface area contributed by atoms with E-state index in [2.05, 4.69) is 22.8 Å². The Hall–Kier alpha value is 1.42. The van der Waals surface area contributed by atoms with E-state index in [9.17, 15) is 0 Å². The summed E-state index contributed by atoms with van der Waals surface area (Å²) < 4.78 is 0.606. The minimum atomic E-state index is 0. The second kappa shape index (κ2) is 4.31. The maximum absolute atomic E-state index is 4.59. The quantitative estimate of drug-likeness (QED) is 0.305. The van der Waals surface area contributed by atoms with Crippen molar-refractivity contribution >= 4 is 24.0 Å². The average molecular weight is 156 g/mol. The molecule has 0 radical (unpaired) electrons. The van der Waals surface area contributed by atoms with Crippen molar-refractivity contribution < 1.29 is 51.4 Å². The minimum Gasteiger partial charge on any atom is -0.406 e. The molecule has 2 nitrogen and oxygen atoms in total. The average Bonchev–Trinajstić information content (AvgIpc) is 1.86. The molecule has 5 heteroatoms. The first-order chi connectivity index (χ1) is 2.89. The third-order valence-electron chi connectivity index (χ3n) is 0.340. The number of hydrogen-bond donors (Lipinski definition) is 0. The first-order valence-corrected chi connectivity index (χ1v) is 2.61. The van der Waals surface area contributed by atoms with Crippen LogP contribution in [0.3, 0.4) is 0 Å². The van der Waals surface area contributed by atoms with Gasteiger partial charge in [-0.25, -0.2) is 0 Å². The Balaban J connectivity index is 0.000000360. The third-order valence-corrected chi connectivity index (χ3v) is 1.19. The Morgan fingerprint density at radius 3 is 2.57 bits per heavy atom. The van der Waals surface area contributed by atoms with E-state index in [0.29, 0.717) is 4.34 Å². The Morgan fingerprint density at radius 2 is 2.43 bits per heavy atom. The van der Waals surface area contributed by atoms with Crippen LogP contribution in [0.2, 0.25) is 0 Å². The molecule has 0 bridgehead atoms. The van der Waals surface area contributed by atoms with Crippen molar-refractivity contribution in [2.75, 3.05) is 0 Å². The molecule has 0 fully saturated rings. The Labute approximate surface area is 93.6 Å². The molecule has 32 valence electrons. The van der Waals surface area contributed by atoms with Gasteiger partial charge in [-0.2, -0.15) is 10.2 Å². The van der Waals surface area contributed by atoms with Gasteiger partial charge in [0.25, 0.3) is 0 Å². The van der Waals surface area contributed by atoms with Crippen molar-refractivity contribution in [2.24, 2.45) is 0 Å². The summed E-state index contributed by atoms with van der Waals surface area (Å²) in [5.74, 6) is 0. The zero-order valence-corrected chi connectivity index (χ0v) is 8.54. The standard InChI is InChI=1S/C2H2N2S2.K/c5-2-4-3-1-6-2;/h1H,(H,4,5);/q;+1/p-1. The first-order valence-electron chi connectivity index (χ1n) is 1.33. The van der Waals surface area contributed by atoms with Gasteiger partial charge in [-0.05, 0) is 4.34 Å². The van der Waals surface area contributed by atoms with Crippen molar-refractivity contribution in [2.45, 2.75) is 4.34 Å². The summed E-state index contributed by atoms with van der Waals surface area (Å²) >= 11 is 5.96. The normalized spacial score (nSPS) is 7.43. The van der Waals surface area contributed by atoms with Crippen LogP contribution in [0.25, 0.3) is 0 Å². The van der Waals surface area contributed by atoms with Crippen LogP contribution in [-0.4, -0.2) is 10.2 Å². The van der Waals surface area contributed by atoms with Crippen molar-refractivity contribution in [1.82, 2.24) is 10.2 Å². The van der Waals surface area contributed by atoms with E-state index in [-0.39, 0.29) is 51.4 Å². The van der Waals surface area contributed by atoms with Crippen LogP contribution in [0.15, 0.2) is 9.85 Å². The third kappa shape index (κ3) is 3.07. The zero-order valence-electron chi connectivity index (χ0n) is 3.79. The van der Waals surface area contributed by atoms with Crippen LogP contribution < -0.4 is 51.4 Å². The van der Waals surface area contributed by atoms with E-state index < -0.39 is 0 Å².